The molecule has 3 N–H and O–H groups in total. The van der Waals surface area contributed by atoms with Gasteiger partial charge in [0, 0.05) is 38.9 Å². The van der Waals surface area contributed by atoms with Crippen molar-refractivity contribution in [3.8, 4) is 10.6 Å². The Bertz CT molecular complexity index is 1490. The number of thiazole rings is 1. The van der Waals surface area contributed by atoms with Crippen LogP contribution in [0.4, 0.5) is 17.5 Å². The molecule has 1 saturated carbocycles. The maximum absolute atomic E-state index is 10.1. The van der Waals surface area contributed by atoms with Crippen molar-refractivity contribution < 1.29 is 14.6 Å². The zero-order valence-electron chi connectivity index (χ0n) is 23.5. The highest BCUT2D eigenvalue weighted by atomic mass is 32.1. The smallest absolute Gasteiger partial charge is 0.225 e. The predicted octanol–water partition coefficient (Wildman–Crippen LogP) is 5.05. The number of nitrogens with one attached hydrogen (secondary N) is 2. The molecule has 10 heteroatoms. The van der Waals surface area contributed by atoms with Gasteiger partial charge in [-0.05, 0) is 57.0 Å². The van der Waals surface area contributed by atoms with E-state index in [4.69, 9.17) is 24.4 Å². The first-order chi connectivity index (χ1) is 19.2. The van der Waals surface area contributed by atoms with Crippen molar-refractivity contribution in [1.29, 1.82) is 0 Å². The molecule has 0 bridgehead atoms. The van der Waals surface area contributed by atoms with Gasteiger partial charge < -0.3 is 30.1 Å². The van der Waals surface area contributed by atoms with E-state index in [9.17, 15) is 5.11 Å². The third-order valence-corrected chi connectivity index (χ3v) is 8.67. The summed E-state index contributed by atoms with van der Waals surface area (Å²) < 4.78 is 13.6. The van der Waals surface area contributed by atoms with Crippen LogP contribution in [0.3, 0.4) is 0 Å². The van der Waals surface area contributed by atoms with E-state index < -0.39 is 5.79 Å². The van der Waals surface area contributed by atoms with Crippen LogP contribution in [-0.2, 0) is 16.0 Å². The topological polar surface area (TPSA) is 105 Å². The Labute approximate surface area is 238 Å². The van der Waals surface area contributed by atoms with Crippen molar-refractivity contribution >= 4 is 39.0 Å². The highest BCUT2D eigenvalue weighted by Crippen LogP contribution is 2.44. The molecule has 2 fully saturated rings. The van der Waals surface area contributed by atoms with E-state index in [1.54, 1.807) is 11.3 Å². The number of nitrogens with zero attached hydrogens (tertiary/aromatic N) is 4. The van der Waals surface area contributed by atoms with Crippen LogP contribution in [0.15, 0.2) is 48.5 Å². The molecule has 6 rings (SSSR count). The Morgan fingerprint density at radius 1 is 1.05 bits per heavy atom. The number of aryl methyl sites for hydroxylation is 1. The fourth-order valence-corrected chi connectivity index (χ4v) is 6.76. The lowest BCUT2D eigenvalue weighted by Crippen LogP contribution is -2.35. The van der Waals surface area contributed by atoms with Crippen LogP contribution in [0, 0.1) is 12.8 Å². The van der Waals surface area contributed by atoms with E-state index in [0.29, 0.717) is 24.7 Å². The van der Waals surface area contributed by atoms with Crippen molar-refractivity contribution in [2.75, 3.05) is 36.2 Å². The van der Waals surface area contributed by atoms with E-state index in [1.165, 1.54) is 0 Å². The molecule has 3 heterocycles. The number of anilines is 3. The maximum atomic E-state index is 10.1. The Morgan fingerprint density at radius 3 is 2.62 bits per heavy atom. The highest BCUT2D eigenvalue weighted by molar-refractivity contribution is 7.21. The normalized spacial score (nSPS) is 23.4. The van der Waals surface area contributed by atoms with E-state index >= 15 is 0 Å². The van der Waals surface area contributed by atoms with E-state index in [2.05, 4.69) is 45.9 Å². The van der Waals surface area contributed by atoms with Crippen LogP contribution in [0.5, 0.6) is 0 Å². The van der Waals surface area contributed by atoms with Crippen LogP contribution in [0.1, 0.15) is 31.5 Å². The molecule has 0 amide bonds. The van der Waals surface area contributed by atoms with Crippen molar-refractivity contribution in [3.63, 3.8) is 0 Å². The summed E-state index contributed by atoms with van der Waals surface area (Å²) in [5, 5.41) is 18.1. The maximum Gasteiger partial charge on any atom is 0.225 e. The second kappa shape index (κ2) is 10.6. The number of fused-ring (bicyclic) bond motifs is 2. The summed E-state index contributed by atoms with van der Waals surface area (Å²) >= 11 is 1.63. The highest BCUT2D eigenvalue weighted by Gasteiger charge is 2.54. The largest absolute Gasteiger partial charge is 0.396 e. The fraction of sp³-hybridized carbons (Fsp3) is 0.433. The first-order valence-corrected chi connectivity index (χ1v) is 14.5. The van der Waals surface area contributed by atoms with Gasteiger partial charge in [0.25, 0.3) is 0 Å². The lowest BCUT2D eigenvalue weighted by atomic mass is 10.1. The molecule has 1 saturated heterocycles. The summed E-state index contributed by atoms with van der Waals surface area (Å²) in [6.07, 6.45) is 0.341. The average molecular weight is 561 g/mol. The monoisotopic (exact) mass is 560 g/mol. The zero-order chi connectivity index (χ0) is 28.0. The second-order valence-corrected chi connectivity index (χ2v) is 12.3. The number of hydrogen-bond donors (Lipinski definition) is 3. The van der Waals surface area contributed by atoms with Crippen LogP contribution in [0.2, 0.25) is 0 Å². The molecule has 2 aliphatic rings. The van der Waals surface area contributed by atoms with Gasteiger partial charge in [0.2, 0.25) is 5.95 Å². The van der Waals surface area contributed by atoms with Crippen LogP contribution >= 0.6 is 11.3 Å². The summed E-state index contributed by atoms with van der Waals surface area (Å²) in [6, 6.07) is 16.4. The summed E-state index contributed by atoms with van der Waals surface area (Å²) in [4.78, 5) is 16.8. The van der Waals surface area contributed by atoms with Gasteiger partial charge in [-0.15, -0.1) is 11.3 Å². The Morgan fingerprint density at radius 2 is 1.85 bits per heavy atom. The molecular formula is C30H36N6O3S. The molecule has 2 aromatic heterocycles. The number of aromatic nitrogens is 3. The fourth-order valence-electron chi connectivity index (χ4n) is 5.70. The van der Waals surface area contributed by atoms with Crippen molar-refractivity contribution in [2.45, 2.75) is 57.8 Å². The molecule has 4 atom stereocenters. The number of hydrogen-bond acceptors (Lipinski definition) is 10. The molecule has 1 aliphatic carbocycles. The molecule has 9 nitrogen and oxygen atoms in total. The third-order valence-electron chi connectivity index (χ3n) is 7.61. The van der Waals surface area contributed by atoms with Gasteiger partial charge in [-0.25, -0.2) is 9.97 Å². The molecule has 4 aromatic rings. The third kappa shape index (κ3) is 5.24. The molecule has 210 valence electrons. The van der Waals surface area contributed by atoms with Crippen LogP contribution in [-0.4, -0.2) is 64.8 Å². The number of aliphatic hydroxyl groups excluding tert-OH is 1. The van der Waals surface area contributed by atoms with Gasteiger partial charge in [-0.3, -0.25) is 0 Å². The summed E-state index contributed by atoms with van der Waals surface area (Å²) in [7, 11) is 4.07. The van der Waals surface area contributed by atoms with Gasteiger partial charge in [0.1, 0.15) is 16.9 Å². The number of ether oxygens (including phenoxy) is 2. The van der Waals surface area contributed by atoms with Crippen molar-refractivity contribution in [2.24, 2.45) is 5.92 Å². The minimum atomic E-state index is -0.700. The Hall–Kier alpha value is -3.31. The van der Waals surface area contributed by atoms with Gasteiger partial charge in [0.05, 0.1) is 33.6 Å². The summed E-state index contributed by atoms with van der Waals surface area (Å²) in [6.45, 7) is 6.48. The molecule has 40 heavy (non-hydrogen) atoms. The lowest BCUT2D eigenvalue weighted by molar-refractivity contribution is -0.158. The first-order valence-electron chi connectivity index (χ1n) is 13.7. The van der Waals surface area contributed by atoms with Crippen molar-refractivity contribution in [3.05, 3.63) is 59.8 Å². The van der Waals surface area contributed by atoms with Crippen molar-refractivity contribution in [1.82, 2.24) is 15.0 Å². The SMILES string of the molecule is Cc1nc(NCc2cccc(N(C)C)c2)nc(N[C@@H]2C[C@H](CO)[C@H]3OC(C)(C)O[C@H]32)c1-c1nc2ccccc2s1. The lowest BCUT2D eigenvalue weighted by Gasteiger charge is -2.25. The standard InChI is InChI=1S/C30H36N6O3S/c1-17-24(28-34-21-11-6-7-12-23(21)40-28)27(33-22-14-19(16-37)25-26(22)39-30(2,3)38-25)35-29(32-17)31-15-18-9-8-10-20(13-18)36(4)5/h6-13,19,22,25-26,37H,14-16H2,1-5H3,(H2,31,32,33,35)/t19-,22-,25-,26+/m1/s1. The number of benzene rings is 2. The Balaban J connectivity index is 1.35. The quantitative estimate of drug-likeness (QED) is 0.273. The molecular weight excluding hydrogens is 524 g/mol. The van der Waals surface area contributed by atoms with Gasteiger partial charge in [0.15, 0.2) is 5.79 Å². The number of para-hydroxylation sites is 1. The average Bonchev–Trinajstić information content (AvgIpc) is 3.58. The molecule has 0 radical (unpaired) electrons. The predicted molar refractivity (Wildman–Crippen MR) is 160 cm³/mol. The van der Waals surface area contributed by atoms with Crippen LogP contribution in [0.25, 0.3) is 20.8 Å². The van der Waals surface area contributed by atoms with Gasteiger partial charge >= 0.3 is 0 Å². The number of aliphatic hydroxyl groups is 1. The Kier molecular flexibility index (Phi) is 7.12. The van der Waals surface area contributed by atoms with E-state index in [1.807, 2.05) is 53.1 Å². The molecule has 0 unspecified atom stereocenters. The van der Waals surface area contributed by atoms with Crippen LogP contribution < -0.4 is 15.5 Å². The second-order valence-electron chi connectivity index (χ2n) is 11.3. The zero-order valence-corrected chi connectivity index (χ0v) is 24.3. The minimum Gasteiger partial charge on any atom is -0.396 e. The first kappa shape index (κ1) is 26.9. The molecule has 0 spiro atoms. The van der Waals surface area contributed by atoms with Gasteiger partial charge in [-0.1, -0.05) is 24.3 Å². The summed E-state index contributed by atoms with van der Waals surface area (Å²) in [5.74, 6) is 0.526. The van der Waals surface area contributed by atoms with E-state index in [-0.39, 0.29) is 30.8 Å². The van der Waals surface area contributed by atoms with E-state index in [0.717, 1.165) is 37.7 Å². The minimum absolute atomic E-state index is 0.0142. The van der Waals surface area contributed by atoms with Gasteiger partial charge in [-0.2, -0.15) is 4.98 Å². The summed E-state index contributed by atoms with van der Waals surface area (Å²) in [5.41, 5.74) is 4.94. The molecule has 2 aromatic carbocycles. The number of rotatable bonds is 8. The molecule has 1 aliphatic heterocycles.